The first-order valence-electron chi connectivity index (χ1n) is 8.06. The first-order valence-corrected chi connectivity index (χ1v) is 10.1. The predicted molar refractivity (Wildman–Crippen MR) is 92.5 cm³/mol. The van der Waals surface area contributed by atoms with E-state index in [0.717, 1.165) is 16.4 Å². The Kier molecular flexibility index (Phi) is 4.13. The number of urea groups is 1. The molecule has 0 aliphatic carbocycles. The van der Waals surface area contributed by atoms with E-state index >= 15 is 0 Å². The molecule has 0 unspecified atom stereocenters. The molecule has 2 aliphatic heterocycles. The van der Waals surface area contributed by atoms with Gasteiger partial charge in [0, 0.05) is 0 Å². The normalized spacial score (nSPS) is 23.0. The van der Waals surface area contributed by atoms with Crippen molar-refractivity contribution in [2.45, 2.75) is 30.5 Å². The molecule has 0 aromatic heterocycles. The summed E-state index contributed by atoms with van der Waals surface area (Å²) in [5.74, 6) is 0. The van der Waals surface area contributed by atoms with Gasteiger partial charge in [-0.15, -0.1) is 0 Å². The van der Waals surface area contributed by atoms with Crippen molar-refractivity contribution in [2.75, 3.05) is 0 Å². The maximum absolute atomic E-state index is 13.0. The predicted octanol–water partition coefficient (Wildman–Crippen LogP) is 2.52. The number of carbonyl (C=O) groups is 2. The third-order valence-electron chi connectivity index (χ3n) is 4.62. The van der Waals surface area contributed by atoms with Gasteiger partial charge in [-0.2, -0.15) is 0 Å². The van der Waals surface area contributed by atoms with E-state index in [9.17, 15) is 9.59 Å². The average molecular weight is 385 g/mol. The first-order chi connectivity index (χ1) is 11.7. The van der Waals surface area contributed by atoms with Crippen molar-refractivity contribution in [3.63, 3.8) is 0 Å². The van der Waals surface area contributed by atoms with Gasteiger partial charge in [-0.1, -0.05) is 0 Å². The van der Waals surface area contributed by atoms with Crippen LogP contribution in [0.4, 0.5) is 4.79 Å². The van der Waals surface area contributed by atoms with Crippen LogP contribution in [-0.2, 0) is 17.9 Å². The topological polar surface area (TPSA) is 40.6 Å². The van der Waals surface area contributed by atoms with Crippen LogP contribution in [0.5, 0.6) is 0 Å². The molecule has 2 atom stereocenters. The zero-order chi connectivity index (χ0) is 16.5. The Labute approximate surface area is 147 Å². The van der Waals surface area contributed by atoms with Gasteiger partial charge in [-0.25, -0.2) is 0 Å². The van der Waals surface area contributed by atoms with Crippen molar-refractivity contribution in [2.24, 2.45) is 0 Å². The van der Waals surface area contributed by atoms with Crippen LogP contribution in [-0.4, -0.2) is 47.6 Å². The maximum atomic E-state index is 13.0. The minimum atomic E-state index is -0.263. The Morgan fingerprint density at radius 2 is 1.38 bits per heavy atom. The number of amides is 2. The third-order valence-corrected chi connectivity index (χ3v) is 6.79. The second-order valence-corrected chi connectivity index (χ2v) is 8.30. The SMILES string of the molecule is O=C1[Se]C[C@@H]2[C@H]1N(Cc1ccccc1)C(=O)N2Cc1ccccc1. The van der Waals surface area contributed by atoms with Crippen LogP contribution in [0.15, 0.2) is 60.7 Å². The van der Waals surface area contributed by atoms with Crippen LogP contribution in [0, 0.1) is 0 Å². The first kappa shape index (κ1) is 15.4. The number of carbonyl (C=O) groups excluding carboxylic acids is 2. The number of benzene rings is 2. The summed E-state index contributed by atoms with van der Waals surface area (Å²) in [6, 6.07) is 19.7. The second-order valence-electron chi connectivity index (χ2n) is 6.15. The van der Waals surface area contributed by atoms with E-state index in [1.54, 1.807) is 4.90 Å². The van der Waals surface area contributed by atoms with E-state index in [2.05, 4.69) is 0 Å². The van der Waals surface area contributed by atoms with E-state index < -0.39 is 0 Å². The van der Waals surface area contributed by atoms with Crippen molar-refractivity contribution in [3.05, 3.63) is 71.8 Å². The molecule has 0 spiro atoms. The molecule has 0 radical (unpaired) electrons. The van der Waals surface area contributed by atoms with E-state index in [1.807, 2.05) is 65.6 Å². The number of fused-ring (bicyclic) bond motifs is 1. The molecule has 2 heterocycles. The van der Waals surface area contributed by atoms with Crippen LogP contribution in [0.2, 0.25) is 5.32 Å². The quantitative estimate of drug-likeness (QED) is 0.759. The number of hydrogen-bond acceptors (Lipinski definition) is 2. The summed E-state index contributed by atoms with van der Waals surface area (Å²) >= 11 is -0.0140. The second kappa shape index (κ2) is 6.42. The summed E-state index contributed by atoms with van der Waals surface area (Å²) < 4.78 is 0.257. The molecule has 2 fully saturated rings. The van der Waals surface area contributed by atoms with Gasteiger partial charge in [0.05, 0.1) is 0 Å². The fourth-order valence-electron chi connectivity index (χ4n) is 3.43. The molecule has 0 N–H and O–H groups in total. The standard InChI is InChI=1S/C19H18N2O2Se/c22-18-17-16(13-24-18)20(11-14-7-3-1-4-8-14)19(23)21(17)12-15-9-5-2-6-10-15/h1-10,16-17H,11-13H2/t16-,17-/m1/s1. The van der Waals surface area contributed by atoms with Crippen molar-refractivity contribution < 1.29 is 9.59 Å². The molecule has 2 saturated heterocycles. The van der Waals surface area contributed by atoms with Crippen molar-refractivity contribution in [3.8, 4) is 0 Å². The molecule has 4 rings (SSSR count). The summed E-state index contributed by atoms with van der Waals surface area (Å²) in [4.78, 5) is 29.1. The summed E-state index contributed by atoms with van der Waals surface area (Å²) in [6.07, 6.45) is 0. The molecule has 2 amide bonds. The van der Waals surface area contributed by atoms with Crippen molar-refractivity contribution >= 4 is 25.7 Å². The van der Waals surface area contributed by atoms with Crippen LogP contribution < -0.4 is 0 Å². The van der Waals surface area contributed by atoms with E-state index in [1.165, 1.54) is 0 Å². The van der Waals surface area contributed by atoms with Crippen LogP contribution in [0.1, 0.15) is 11.1 Å². The fourth-order valence-corrected chi connectivity index (χ4v) is 5.85. The molecule has 2 aromatic carbocycles. The van der Waals surface area contributed by atoms with Gasteiger partial charge in [0.15, 0.2) is 0 Å². The molecule has 0 saturated carbocycles. The van der Waals surface area contributed by atoms with Gasteiger partial charge in [-0.05, 0) is 0 Å². The Bertz CT molecular complexity index is 750. The summed E-state index contributed by atoms with van der Waals surface area (Å²) in [5, 5.41) is 0.834. The van der Waals surface area contributed by atoms with Gasteiger partial charge in [-0.3, -0.25) is 0 Å². The van der Waals surface area contributed by atoms with Gasteiger partial charge in [0.2, 0.25) is 0 Å². The van der Waals surface area contributed by atoms with E-state index in [-0.39, 0.29) is 37.8 Å². The van der Waals surface area contributed by atoms with Crippen molar-refractivity contribution in [1.82, 2.24) is 9.80 Å². The summed E-state index contributed by atoms with van der Waals surface area (Å²) in [6.45, 7) is 1.09. The van der Waals surface area contributed by atoms with Gasteiger partial charge in [0.1, 0.15) is 0 Å². The average Bonchev–Trinajstić information content (AvgIpc) is 3.11. The Morgan fingerprint density at radius 1 is 0.833 bits per heavy atom. The summed E-state index contributed by atoms with van der Waals surface area (Å²) in [5.41, 5.74) is 2.18. The zero-order valence-electron chi connectivity index (χ0n) is 13.2. The number of hydrogen-bond donors (Lipinski definition) is 0. The molecule has 24 heavy (non-hydrogen) atoms. The zero-order valence-corrected chi connectivity index (χ0v) is 14.9. The van der Waals surface area contributed by atoms with Gasteiger partial charge >= 0.3 is 147 Å². The van der Waals surface area contributed by atoms with Gasteiger partial charge < -0.3 is 0 Å². The van der Waals surface area contributed by atoms with Gasteiger partial charge in [0.25, 0.3) is 0 Å². The van der Waals surface area contributed by atoms with Crippen LogP contribution in [0.3, 0.4) is 0 Å². The van der Waals surface area contributed by atoms with Crippen molar-refractivity contribution in [1.29, 1.82) is 0 Å². The number of rotatable bonds is 4. The fraction of sp³-hybridized carbons (Fsp3) is 0.263. The molecule has 2 aliphatic rings. The third kappa shape index (κ3) is 2.74. The molecular weight excluding hydrogens is 367 g/mol. The molecule has 4 nitrogen and oxygen atoms in total. The van der Waals surface area contributed by atoms with Crippen LogP contribution >= 0.6 is 0 Å². The van der Waals surface area contributed by atoms with E-state index in [0.29, 0.717) is 13.1 Å². The molecule has 2 aromatic rings. The molecule has 5 heteroatoms. The Morgan fingerprint density at radius 3 is 1.96 bits per heavy atom. The number of nitrogens with zero attached hydrogens (tertiary/aromatic N) is 2. The van der Waals surface area contributed by atoms with Crippen LogP contribution in [0.25, 0.3) is 0 Å². The summed E-state index contributed by atoms with van der Waals surface area (Å²) in [7, 11) is 0. The molecule has 0 bridgehead atoms. The van der Waals surface area contributed by atoms with E-state index in [4.69, 9.17) is 0 Å². The monoisotopic (exact) mass is 386 g/mol. The Hall–Kier alpha value is -2.10. The Balaban J connectivity index is 1.60. The molecule has 122 valence electrons. The minimum absolute atomic E-state index is 0.0124. The molecular formula is C19H18N2O2Se.